The van der Waals surface area contributed by atoms with Crippen LogP contribution in [0.1, 0.15) is 49.6 Å². The number of rotatable bonds is 9. The quantitative estimate of drug-likeness (QED) is 0.294. The summed E-state index contributed by atoms with van der Waals surface area (Å²) in [4.78, 5) is 18.3. The van der Waals surface area contributed by atoms with Gasteiger partial charge < -0.3 is 5.32 Å². The van der Waals surface area contributed by atoms with Crippen molar-refractivity contribution in [2.24, 2.45) is 11.3 Å². The van der Waals surface area contributed by atoms with Crippen molar-refractivity contribution < 1.29 is 4.79 Å². The maximum atomic E-state index is 12.9. The molecule has 4 rings (SSSR count). The molecule has 0 bridgehead atoms. The van der Waals surface area contributed by atoms with Crippen molar-refractivity contribution >= 4 is 34.0 Å². The van der Waals surface area contributed by atoms with Crippen molar-refractivity contribution in [3.63, 3.8) is 0 Å². The van der Waals surface area contributed by atoms with Gasteiger partial charge in [0.25, 0.3) is 0 Å². The molecule has 0 aliphatic heterocycles. The van der Waals surface area contributed by atoms with Crippen molar-refractivity contribution in [3.05, 3.63) is 53.2 Å². The summed E-state index contributed by atoms with van der Waals surface area (Å²) in [6.45, 7) is 11.2. The van der Waals surface area contributed by atoms with E-state index in [0.29, 0.717) is 34.0 Å². The number of anilines is 1. The van der Waals surface area contributed by atoms with Crippen molar-refractivity contribution in [3.8, 4) is 17.5 Å². The van der Waals surface area contributed by atoms with Crippen LogP contribution in [0.3, 0.4) is 0 Å². The van der Waals surface area contributed by atoms with E-state index in [-0.39, 0.29) is 17.1 Å². The second kappa shape index (κ2) is 10.8. The summed E-state index contributed by atoms with van der Waals surface area (Å²) in [5.41, 5.74) is 2.87. The maximum Gasteiger partial charge on any atom is 0.235 e. The minimum atomic E-state index is -0.161. The molecule has 3 heterocycles. The standard InChI is InChI=1S/C26H30N6OS2/c1-5-12-32-23(17-8-7-11-28-15-17)30-31-25(32)34-16-22(33)29-24-20(14-27)19-10-9-18(13-21(19)35-24)26(3,4)6-2/h5,7-8,11,15,18H,1,6,9-10,12-13,16H2,2-4H3,(H,29,33). The van der Waals surface area contributed by atoms with Gasteiger partial charge in [-0.15, -0.1) is 28.1 Å². The van der Waals surface area contributed by atoms with E-state index in [2.05, 4.69) is 53.9 Å². The van der Waals surface area contributed by atoms with Gasteiger partial charge in [-0.25, -0.2) is 0 Å². The largest absolute Gasteiger partial charge is 0.316 e. The third kappa shape index (κ3) is 5.34. The predicted octanol–water partition coefficient (Wildman–Crippen LogP) is 5.73. The van der Waals surface area contributed by atoms with Crippen LogP contribution >= 0.6 is 23.1 Å². The van der Waals surface area contributed by atoms with Crippen LogP contribution in [0.4, 0.5) is 5.00 Å². The first kappa shape index (κ1) is 25.1. The highest BCUT2D eigenvalue weighted by Crippen LogP contribution is 2.45. The lowest BCUT2D eigenvalue weighted by Gasteiger charge is -2.36. The fourth-order valence-electron chi connectivity index (χ4n) is 4.44. The summed E-state index contributed by atoms with van der Waals surface area (Å²) in [5.74, 6) is 1.28. The van der Waals surface area contributed by atoms with Gasteiger partial charge in [0.2, 0.25) is 5.91 Å². The van der Waals surface area contributed by atoms with Crippen LogP contribution in [0.2, 0.25) is 0 Å². The summed E-state index contributed by atoms with van der Waals surface area (Å²) in [7, 11) is 0. The zero-order valence-corrected chi connectivity index (χ0v) is 22.0. The number of nitrogens with zero attached hydrogens (tertiary/aromatic N) is 5. The number of carbonyl (C=O) groups excluding carboxylic acids is 1. The minimum Gasteiger partial charge on any atom is -0.316 e. The Labute approximate surface area is 214 Å². The van der Waals surface area contributed by atoms with Gasteiger partial charge in [-0.2, -0.15) is 5.26 Å². The van der Waals surface area contributed by atoms with Crippen LogP contribution in [0.25, 0.3) is 11.4 Å². The molecule has 1 aliphatic rings. The summed E-state index contributed by atoms with van der Waals surface area (Å²) in [6, 6.07) is 6.11. The molecule has 7 nitrogen and oxygen atoms in total. The van der Waals surface area contributed by atoms with E-state index in [4.69, 9.17) is 0 Å². The number of thioether (sulfide) groups is 1. The van der Waals surface area contributed by atoms with Gasteiger partial charge in [0.1, 0.15) is 11.1 Å². The Hall–Kier alpha value is -2.96. The molecule has 0 spiro atoms. The molecule has 0 saturated heterocycles. The maximum absolute atomic E-state index is 12.9. The Balaban J connectivity index is 1.46. The molecule has 0 fully saturated rings. The number of fused-ring (bicyclic) bond motifs is 1. The van der Waals surface area contributed by atoms with Gasteiger partial charge in [-0.3, -0.25) is 14.3 Å². The van der Waals surface area contributed by atoms with Crippen LogP contribution in [-0.4, -0.2) is 31.4 Å². The molecule has 1 N–H and O–H groups in total. The highest BCUT2D eigenvalue weighted by Gasteiger charge is 2.34. The van der Waals surface area contributed by atoms with Crippen LogP contribution in [0, 0.1) is 22.7 Å². The van der Waals surface area contributed by atoms with E-state index in [1.165, 1.54) is 16.6 Å². The lowest BCUT2D eigenvalue weighted by molar-refractivity contribution is -0.113. The van der Waals surface area contributed by atoms with E-state index < -0.39 is 0 Å². The first-order valence-electron chi connectivity index (χ1n) is 11.8. The number of nitrogens with one attached hydrogen (secondary N) is 1. The van der Waals surface area contributed by atoms with Crippen molar-refractivity contribution in [2.75, 3.05) is 11.1 Å². The zero-order valence-electron chi connectivity index (χ0n) is 20.4. The Kier molecular flexibility index (Phi) is 7.72. The number of allylic oxidation sites excluding steroid dienone is 1. The molecule has 9 heteroatoms. The van der Waals surface area contributed by atoms with Gasteiger partial charge in [0.05, 0.1) is 11.3 Å². The molecule has 1 amide bonds. The summed E-state index contributed by atoms with van der Waals surface area (Å²) >= 11 is 2.88. The molecule has 1 aliphatic carbocycles. The normalized spacial score (nSPS) is 15.3. The van der Waals surface area contributed by atoms with E-state index in [1.807, 2.05) is 16.7 Å². The van der Waals surface area contributed by atoms with Crippen molar-refractivity contribution in [1.29, 1.82) is 5.26 Å². The molecular formula is C26H30N6OS2. The number of amides is 1. The number of thiophene rings is 1. The molecular weight excluding hydrogens is 476 g/mol. The number of hydrogen-bond donors (Lipinski definition) is 1. The average molecular weight is 507 g/mol. The molecule has 3 aromatic heterocycles. The van der Waals surface area contributed by atoms with Gasteiger partial charge in [0.15, 0.2) is 11.0 Å². The predicted molar refractivity (Wildman–Crippen MR) is 141 cm³/mol. The number of nitriles is 1. The summed E-state index contributed by atoms with van der Waals surface area (Å²) < 4.78 is 1.92. The molecule has 3 aromatic rings. The Morgan fingerprint density at radius 2 is 2.29 bits per heavy atom. The molecule has 0 saturated carbocycles. The van der Waals surface area contributed by atoms with Crippen LogP contribution in [0.5, 0.6) is 0 Å². The van der Waals surface area contributed by atoms with E-state index in [1.54, 1.807) is 29.8 Å². The van der Waals surface area contributed by atoms with Crippen LogP contribution in [0.15, 0.2) is 42.3 Å². The van der Waals surface area contributed by atoms with Crippen LogP contribution in [-0.2, 0) is 24.2 Å². The van der Waals surface area contributed by atoms with Gasteiger partial charge in [-0.05, 0) is 48.3 Å². The first-order chi connectivity index (χ1) is 16.9. The third-order valence-corrected chi connectivity index (χ3v) is 9.06. The molecule has 35 heavy (non-hydrogen) atoms. The fraction of sp³-hybridized carbons (Fsp3) is 0.423. The number of pyridine rings is 1. The first-order valence-corrected chi connectivity index (χ1v) is 13.6. The minimum absolute atomic E-state index is 0.161. The number of aromatic nitrogens is 4. The monoisotopic (exact) mass is 506 g/mol. The zero-order chi connectivity index (χ0) is 25.0. The Morgan fingerprint density at radius 3 is 2.97 bits per heavy atom. The molecule has 0 radical (unpaired) electrons. The Morgan fingerprint density at radius 1 is 1.46 bits per heavy atom. The van der Waals surface area contributed by atoms with Gasteiger partial charge in [0, 0.05) is 29.4 Å². The Bertz CT molecular complexity index is 1250. The lowest BCUT2D eigenvalue weighted by atomic mass is 9.69. The second-order valence-electron chi connectivity index (χ2n) is 9.39. The molecule has 0 aromatic carbocycles. The van der Waals surface area contributed by atoms with Crippen LogP contribution < -0.4 is 5.32 Å². The molecule has 182 valence electrons. The SMILES string of the molecule is C=CCn1c(SCC(=O)Nc2sc3c(c2C#N)CCC(C(C)(C)CC)C3)nnc1-c1cccnc1. The lowest BCUT2D eigenvalue weighted by Crippen LogP contribution is -2.28. The van der Waals surface area contributed by atoms with Gasteiger partial charge in [-0.1, -0.05) is 45.0 Å². The van der Waals surface area contributed by atoms with E-state index in [0.717, 1.165) is 36.8 Å². The van der Waals surface area contributed by atoms with Gasteiger partial charge >= 0.3 is 0 Å². The third-order valence-electron chi connectivity index (χ3n) is 6.93. The molecule has 1 unspecified atom stereocenters. The number of carbonyl (C=O) groups is 1. The van der Waals surface area contributed by atoms with Crippen molar-refractivity contribution in [2.45, 2.75) is 58.2 Å². The second-order valence-corrected chi connectivity index (χ2v) is 11.4. The fourth-order valence-corrected chi connectivity index (χ4v) is 6.48. The highest BCUT2D eigenvalue weighted by molar-refractivity contribution is 7.99. The number of hydrogen-bond acceptors (Lipinski definition) is 7. The summed E-state index contributed by atoms with van der Waals surface area (Å²) in [6.07, 6.45) is 9.30. The van der Waals surface area contributed by atoms with Crippen molar-refractivity contribution in [1.82, 2.24) is 19.7 Å². The van der Waals surface area contributed by atoms with E-state index >= 15 is 0 Å². The average Bonchev–Trinajstić information content (AvgIpc) is 3.43. The highest BCUT2D eigenvalue weighted by atomic mass is 32.2. The smallest absolute Gasteiger partial charge is 0.235 e. The van der Waals surface area contributed by atoms with E-state index in [9.17, 15) is 10.1 Å². The topological polar surface area (TPSA) is 96.5 Å². The molecule has 1 atom stereocenters. The summed E-state index contributed by atoms with van der Waals surface area (Å²) in [5, 5.41) is 22.7.